The molecule has 8 nitrogen and oxygen atoms in total. The van der Waals surface area contributed by atoms with Crippen molar-refractivity contribution in [3.8, 4) is 17.2 Å². The summed E-state index contributed by atoms with van der Waals surface area (Å²) >= 11 is 5.99. The molecule has 4 rings (SSSR count). The number of carbonyl (C=O) groups excluding carboxylic acids is 2. The molecule has 180 valence electrons. The summed E-state index contributed by atoms with van der Waals surface area (Å²) < 4.78 is 16.4. The third-order valence-electron chi connectivity index (χ3n) is 5.74. The van der Waals surface area contributed by atoms with Crippen molar-refractivity contribution in [3.05, 3.63) is 88.2 Å². The molecular weight excluding hydrogens is 472 g/mol. The largest absolute Gasteiger partial charge is 0.507 e. The number of aliphatic hydroxyl groups excluding tert-OH is 1. The summed E-state index contributed by atoms with van der Waals surface area (Å²) in [7, 11) is 4.43. The molecular formula is C26H23ClN2O6. The van der Waals surface area contributed by atoms with Crippen LogP contribution in [0.25, 0.3) is 5.76 Å². The summed E-state index contributed by atoms with van der Waals surface area (Å²) in [4.78, 5) is 32.0. The second-order valence-corrected chi connectivity index (χ2v) is 8.19. The minimum atomic E-state index is -0.931. The van der Waals surface area contributed by atoms with Gasteiger partial charge in [0.2, 0.25) is 5.75 Å². The quantitative estimate of drug-likeness (QED) is 0.295. The normalized spacial score (nSPS) is 16.9. The van der Waals surface area contributed by atoms with Crippen LogP contribution in [0.1, 0.15) is 22.7 Å². The van der Waals surface area contributed by atoms with Crippen molar-refractivity contribution in [2.75, 3.05) is 21.3 Å². The molecule has 0 spiro atoms. The van der Waals surface area contributed by atoms with E-state index in [2.05, 4.69) is 4.98 Å². The van der Waals surface area contributed by atoms with Gasteiger partial charge in [-0.1, -0.05) is 17.7 Å². The Kier molecular flexibility index (Phi) is 6.93. The van der Waals surface area contributed by atoms with Crippen molar-refractivity contribution in [1.29, 1.82) is 0 Å². The number of halogens is 1. The first kappa shape index (κ1) is 24.1. The molecule has 1 saturated heterocycles. The number of Topliss-reactive ketones (excluding diaryl/α,β-unsaturated/α-hetero) is 1. The third-order valence-corrected chi connectivity index (χ3v) is 5.99. The van der Waals surface area contributed by atoms with E-state index in [9.17, 15) is 14.7 Å². The molecule has 1 atom stereocenters. The van der Waals surface area contributed by atoms with Gasteiger partial charge in [-0.3, -0.25) is 14.6 Å². The number of hydrogen-bond donors (Lipinski definition) is 1. The maximum absolute atomic E-state index is 13.3. The van der Waals surface area contributed by atoms with E-state index in [-0.39, 0.29) is 17.9 Å². The van der Waals surface area contributed by atoms with Crippen LogP contribution < -0.4 is 14.2 Å². The highest BCUT2D eigenvalue weighted by atomic mass is 35.5. The maximum atomic E-state index is 13.3. The van der Waals surface area contributed by atoms with Crippen LogP contribution in [0.2, 0.25) is 5.02 Å². The molecule has 0 radical (unpaired) electrons. The van der Waals surface area contributed by atoms with E-state index in [4.69, 9.17) is 25.8 Å². The van der Waals surface area contributed by atoms with Gasteiger partial charge in [0.15, 0.2) is 11.5 Å². The van der Waals surface area contributed by atoms with E-state index < -0.39 is 17.7 Å². The van der Waals surface area contributed by atoms with Crippen LogP contribution >= 0.6 is 11.6 Å². The number of ketones is 1. The predicted octanol–water partition coefficient (Wildman–Crippen LogP) is 4.38. The van der Waals surface area contributed by atoms with E-state index >= 15 is 0 Å². The summed E-state index contributed by atoms with van der Waals surface area (Å²) in [6.45, 7) is 0.0944. The van der Waals surface area contributed by atoms with Crippen LogP contribution in [0.5, 0.6) is 17.2 Å². The minimum Gasteiger partial charge on any atom is -0.507 e. The number of amides is 1. The average molecular weight is 495 g/mol. The summed E-state index contributed by atoms with van der Waals surface area (Å²) in [5, 5.41) is 11.7. The lowest BCUT2D eigenvalue weighted by Crippen LogP contribution is -2.29. The lowest BCUT2D eigenvalue weighted by atomic mass is 9.94. The first-order valence-corrected chi connectivity index (χ1v) is 11.0. The maximum Gasteiger partial charge on any atom is 0.295 e. The zero-order valence-electron chi connectivity index (χ0n) is 19.3. The van der Waals surface area contributed by atoms with Gasteiger partial charge < -0.3 is 24.2 Å². The van der Waals surface area contributed by atoms with Crippen LogP contribution in [0.4, 0.5) is 0 Å². The molecule has 0 saturated carbocycles. The van der Waals surface area contributed by atoms with E-state index in [1.165, 1.54) is 26.2 Å². The van der Waals surface area contributed by atoms with Crippen LogP contribution in [0.15, 0.2) is 66.5 Å². The number of ether oxygens (including phenoxy) is 3. The molecule has 1 aliphatic rings. The average Bonchev–Trinajstić information content (AvgIpc) is 3.13. The highest BCUT2D eigenvalue weighted by molar-refractivity contribution is 6.46. The Morgan fingerprint density at radius 3 is 2.23 bits per heavy atom. The smallest absolute Gasteiger partial charge is 0.295 e. The second-order valence-electron chi connectivity index (χ2n) is 7.75. The Labute approximate surface area is 207 Å². The predicted molar refractivity (Wildman–Crippen MR) is 130 cm³/mol. The van der Waals surface area contributed by atoms with E-state index in [1.807, 2.05) is 0 Å². The summed E-state index contributed by atoms with van der Waals surface area (Å²) in [5.74, 6) is -0.808. The molecule has 3 aromatic rings. The first-order chi connectivity index (χ1) is 16.9. The molecule has 0 unspecified atom stereocenters. The summed E-state index contributed by atoms with van der Waals surface area (Å²) in [6.07, 6.45) is 3.24. The standard InChI is InChI=1S/C26H23ClN2O6/c1-33-19-11-17(12-20(34-2)25(19)35-3)22-21(23(30)16-6-8-18(27)9-7-16)24(31)26(32)29(22)14-15-5-4-10-28-13-15/h4-13,22,30H,14H2,1-3H3/b23-21+/t22-/m0/s1. The molecule has 1 amide bonds. The van der Waals surface area contributed by atoms with Gasteiger partial charge in [0.25, 0.3) is 11.7 Å². The van der Waals surface area contributed by atoms with Gasteiger partial charge in [0.1, 0.15) is 5.76 Å². The number of hydrogen-bond acceptors (Lipinski definition) is 7. The van der Waals surface area contributed by atoms with Crippen molar-refractivity contribution in [1.82, 2.24) is 9.88 Å². The Morgan fingerprint density at radius 1 is 1.03 bits per heavy atom. The molecule has 1 aliphatic heterocycles. The monoisotopic (exact) mass is 494 g/mol. The second kappa shape index (κ2) is 10.1. The van der Waals surface area contributed by atoms with Crippen molar-refractivity contribution in [2.24, 2.45) is 0 Å². The molecule has 2 heterocycles. The van der Waals surface area contributed by atoms with Crippen molar-refractivity contribution in [3.63, 3.8) is 0 Å². The fourth-order valence-corrected chi connectivity index (χ4v) is 4.23. The number of nitrogens with zero attached hydrogens (tertiary/aromatic N) is 2. The van der Waals surface area contributed by atoms with Gasteiger partial charge >= 0.3 is 0 Å². The van der Waals surface area contributed by atoms with E-state index in [0.717, 1.165) is 5.56 Å². The number of likely N-dealkylation sites (tertiary alicyclic amines) is 1. The molecule has 0 bridgehead atoms. The van der Waals surface area contributed by atoms with Gasteiger partial charge in [0.05, 0.1) is 32.9 Å². The topological polar surface area (TPSA) is 98.2 Å². The Balaban J connectivity index is 1.94. The van der Waals surface area contributed by atoms with Crippen LogP contribution in [-0.2, 0) is 16.1 Å². The Hall–Kier alpha value is -4.04. The number of carbonyl (C=O) groups is 2. The third kappa shape index (κ3) is 4.52. The fraction of sp³-hybridized carbons (Fsp3) is 0.192. The van der Waals surface area contributed by atoms with E-state index in [1.54, 1.807) is 60.9 Å². The van der Waals surface area contributed by atoms with Crippen molar-refractivity contribution < 1.29 is 28.9 Å². The van der Waals surface area contributed by atoms with Crippen LogP contribution in [0, 0.1) is 0 Å². The van der Waals surface area contributed by atoms with Crippen LogP contribution in [-0.4, -0.2) is 48.0 Å². The lowest BCUT2D eigenvalue weighted by Gasteiger charge is -2.26. The number of methoxy groups -OCH3 is 3. The summed E-state index contributed by atoms with van der Waals surface area (Å²) in [5.41, 5.74) is 1.51. The van der Waals surface area contributed by atoms with E-state index in [0.29, 0.717) is 33.4 Å². The van der Waals surface area contributed by atoms with Crippen molar-refractivity contribution in [2.45, 2.75) is 12.6 Å². The van der Waals surface area contributed by atoms with Gasteiger partial charge in [-0.05, 0) is 53.6 Å². The molecule has 2 aromatic carbocycles. The SMILES string of the molecule is COc1cc([C@H]2/C(=C(\O)c3ccc(Cl)cc3)C(=O)C(=O)N2Cc2cccnc2)cc(OC)c1OC. The van der Waals surface area contributed by atoms with Gasteiger partial charge in [-0.2, -0.15) is 0 Å². The first-order valence-electron chi connectivity index (χ1n) is 10.6. The number of aliphatic hydroxyl groups is 1. The number of rotatable bonds is 7. The minimum absolute atomic E-state index is 0.0597. The van der Waals surface area contributed by atoms with Crippen molar-refractivity contribution >= 4 is 29.1 Å². The van der Waals surface area contributed by atoms with Gasteiger partial charge in [0, 0.05) is 29.5 Å². The molecule has 1 aromatic heterocycles. The molecule has 1 N–H and O–H groups in total. The Bertz CT molecular complexity index is 1270. The zero-order valence-corrected chi connectivity index (χ0v) is 20.1. The lowest BCUT2D eigenvalue weighted by molar-refractivity contribution is -0.140. The summed E-state index contributed by atoms with van der Waals surface area (Å²) in [6, 6.07) is 12.3. The molecule has 0 aliphatic carbocycles. The van der Waals surface area contributed by atoms with Crippen LogP contribution in [0.3, 0.4) is 0 Å². The fourth-order valence-electron chi connectivity index (χ4n) is 4.10. The van der Waals surface area contributed by atoms with Gasteiger partial charge in [-0.25, -0.2) is 0 Å². The highest BCUT2D eigenvalue weighted by Crippen LogP contribution is 2.46. The van der Waals surface area contributed by atoms with Gasteiger partial charge in [-0.15, -0.1) is 0 Å². The number of pyridine rings is 1. The number of aromatic nitrogens is 1. The molecule has 1 fully saturated rings. The molecule has 9 heteroatoms. The molecule has 35 heavy (non-hydrogen) atoms. The highest BCUT2D eigenvalue weighted by Gasteiger charge is 2.46. The Morgan fingerprint density at radius 2 is 1.69 bits per heavy atom. The zero-order chi connectivity index (χ0) is 25.1. The number of benzene rings is 2.